The lowest BCUT2D eigenvalue weighted by atomic mass is 9.92. The fourth-order valence-corrected chi connectivity index (χ4v) is 4.89. The van der Waals surface area contributed by atoms with Crippen LogP contribution in [0.2, 0.25) is 5.02 Å². The summed E-state index contributed by atoms with van der Waals surface area (Å²) in [4.78, 5) is 25.8. The molecule has 9 heteroatoms. The average molecular weight is 359 g/mol. The highest BCUT2D eigenvalue weighted by Crippen LogP contribution is 2.33. The summed E-state index contributed by atoms with van der Waals surface area (Å²) < 4.78 is 23.3. The van der Waals surface area contributed by atoms with E-state index in [9.17, 15) is 23.1 Å². The van der Waals surface area contributed by atoms with Gasteiger partial charge in [0.2, 0.25) is 0 Å². The van der Waals surface area contributed by atoms with E-state index in [2.05, 4.69) is 5.32 Å². The van der Waals surface area contributed by atoms with E-state index >= 15 is 0 Å². The third kappa shape index (κ3) is 2.60. The van der Waals surface area contributed by atoms with Crippen molar-refractivity contribution in [1.29, 1.82) is 0 Å². The maximum Gasteiger partial charge on any atom is 0.325 e. The SMILES string of the molecule is C[C@]1(c2ccc(Cl)cc2)NC(=O)N([C@H]2CS(=O)(=O)C[C@@H]2O)C1=O. The van der Waals surface area contributed by atoms with Crippen LogP contribution < -0.4 is 5.32 Å². The van der Waals surface area contributed by atoms with Crippen LogP contribution in [0.4, 0.5) is 4.79 Å². The van der Waals surface area contributed by atoms with Gasteiger partial charge in [0.1, 0.15) is 5.54 Å². The van der Waals surface area contributed by atoms with Crippen molar-refractivity contribution in [3.05, 3.63) is 34.9 Å². The zero-order valence-corrected chi connectivity index (χ0v) is 13.8. The van der Waals surface area contributed by atoms with E-state index in [0.717, 1.165) is 4.90 Å². The third-order valence-electron chi connectivity index (χ3n) is 4.27. The molecule has 2 aliphatic rings. The molecular weight excluding hydrogens is 344 g/mol. The lowest BCUT2D eigenvalue weighted by Crippen LogP contribution is -2.48. The standard InChI is InChI=1S/C14H15ClN2O5S/c1-14(8-2-4-9(15)5-3-8)12(19)17(13(20)16-14)10-6-23(21,22)7-11(10)18/h2-5,10-11,18H,6-7H2,1H3,(H,16,20)/t10-,11-,14+/m0/s1. The first-order valence-electron chi connectivity index (χ1n) is 6.94. The molecule has 1 aromatic carbocycles. The fourth-order valence-electron chi connectivity index (χ4n) is 3.00. The van der Waals surface area contributed by atoms with E-state index < -0.39 is 51.0 Å². The second-order valence-corrected chi connectivity index (χ2v) is 8.54. The van der Waals surface area contributed by atoms with E-state index in [4.69, 9.17) is 11.6 Å². The van der Waals surface area contributed by atoms with Gasteiger partial charge < -0.3 is 10.4 Å². The Kier molecular flexibility index (Phi) is 3.66. The molecule has 2 fully saturated rings. The van der Waals surface area contributed by atoms with Crippen LogP contribution in [0.15, 0.2) is 24.3 Å². The summed E-state index contributed by atoms with van der Waals surface area (Å²) in [7, 11) is -3.48. The Balaban J connectivity index is 1.95. The average Bonchev–Trinajstić information content (AvgIpc) is 2.84. The van der Waals surface area contributed by atoms with Crippen LogP contribution in [0.1, 0.15) is 12.5 Å². The quantitative estimate of drug-likeness (QED) is 0.738. The third-order valence-corrected chi connectivity index (χ3v) is 6.22. The molecule has 3 rings (SSSR count). The highest BCUT2D eigenvalue weighted by Gasteiger charge is 2.55. The highest BCUT2D eigenvalue weighted by molar-refractivity contribution is 7.91. The fraction of sp³-hybridized carbons (Fsp3) is 0.429. The van der Waals surface area contributed by atoms with Crippen molar-refractivity contribution < 1.29 is 23.1 Å². The molecule has 2 heterocycles. The van der Waals surface area contributed by atoms with Crippen LogP contribution in [0.25, 0.3) is 0 Å². The molecule has 0 spiro atoms. The van der Waals surface area contributed by atoms with E-state index in [-0.39, 0.29) is 0 Å². The van der Waals surface area contributed by atoms with Crippen molar-refractivity contribution in [3.8, 4) is 0 Å². The minimum absolute atomic E-state index is 0.427. The molecule has 23 heavy (non-hydrogen) atoms. The number of carbonyl (C=O) groups is 2. The maximum absolute atomic E-state index is 12.8. The number of rotatable bonds is 2. The number of aliphatic hydroxyl groups is 1. The zero-order chi connectivity index (χ0) is 17.0. The van der Waals surface area contributed by atoms with Gasteiger partial charge >= 0.3 is 6.03 Å². The minimum atomic E-state index is -3.48. The Hall–Kier alpha value is -1.64. The van der Waals surface area contributed by atoms with Gasteiger partial charge in [0.25, 0.3) is 5.91 Å². The second kappa shape index (κ2) is 5.19. The molecule has 0 bridgehead atoms. The normalized spacial score (nSPS) is 33.1. The molecule has 124 valence electrons. The molecule has 0 aromatic heterocycles. The lowest BCUT2D eigenvalue weighted by molar-refractivity contribution is -0.133. The van der Waals surface area contributed by atoms with Crippen LogP contribution in [-0.2, 0) is 20.2 Å². The van der Waals surface area contributed by atoms with Crippen LogP contribution in [0.5, 0.6) is 0 Å². The maximum atomic E-state index is 12.8. The van der Waals surface area contributed by atoms with Crippen molar-refractivity contribution >= 4 is 33.4 Å². The summed E-state index contributed by atoms with van der Waals surface area (Å²) in [6.45, 7) is 1.53. The van der Waals surface area contributed by atoms with E-state index in [0.29, 0.717) is 10.6 Å². The Morgan fingerprint density at radius 1 is 1.26 bits per heavy atom. The number of urea groups is 1. The molecule has 0 unspecified atom stereocenters. The van der Waals surface area contributed by atoms with Gasteiger partial charge in [-0.25, -0.2) is 13.2 Å². The number of imide groups is 1. The topological polar surface area (TPSA) is 104 Å². The smallest absolute Gasteiger partial charge is 0.325 e. The van der Waals surface area contributed by atoms with Crippen molar-refractivity contribution in [2.75, 3.05) is 11.5 Å². The molecule has 2 saturated heterocycles. The number of aliphatic hydroxyl groups excluding tert-OH is 1. The number of hydrogen-bond donors (Lipinski definition) is 2. The predicted octanol–water partition coefficient (Wildman–Crippen LogP) is 0.265. The number of nitrogens with zero attached hydrogens (tertiary/aromatic N) is 1. The molecule has 1 aromatic rings. The van der Waals surface area contributed by atoms with Crippen molar-refractivity contribution in [2.24, 2.45) is 0 Å². The van der Waals surface area contributed by atoms with Gasteiger partial charge in [0, 0.05) is 5.02 Å². The number of halogens is 1. The van der Waals surface area contributed by atoms with Gasteiger partial charge in [-0.1, -0.05) is 23.7 Å². The molecule has 7 nitrogen and oxygen atoms in total. The van der Waals surface area contributed by atoms with E-state index in [1.165, 1.54) is 6.92 Å². The minimum Gasteiger partial charge on any atom is -0.390 e. The number of nitrogens with one attached hydrogen (secondary N) is 1. The van der Waals surface area contributed by atoms with Gasteiger partial charge in [0.15, 0.2) is 9.84 Å². The summed E-state index contributed by atoms with van der Waals surface area (Å²) in [6.07, 6.45) is -1.28. The first kappa shape index (κ1) is 16.2. The van der Waals surface area contributed by atoms with Crippen LogP contribution in [0.3, 0.4) is 0 Å². The first-order valence-corrected chi connectivity index (χ1v) is 9.14. The Morgan fingerprint density at radius 3 is 2.39 bits per heavy atom. The number of carbonyl (C=O) groups excluding carboxylic acids is 2. The van der Waals surface area contributed by atoms with E-state index in [1.807, 2.05) is 0 Å². The molecule has 3 amide bonds. The van der Waals surface area contributed by atoms with Gasteiger partial charge in [-0.15, -0.1) is 0 Å². The Bertz CT molecular complexity index is 779. The van der Waals surface area contributed by atoms with Crippen molar-refractivity contribution in [2.45, 2.75) is 24.6 Å². The summed E-state index contributed by atoms with van der Waals surface area (Å²) in [5.74, 6) is -1.47. The summed E-state index contributed by atoms with van der Waals surface area (Å²) in [5, 5.41) is 13.0. The summed E-state index contributed by atoms with van der Waals surface area (Å²) >= 11 is 5.83. The summed E-state index contributed by atoms with van der Waals surface area (Å²) in [5.41, 5.74) is -0.800. The number of hydrogen-bond acceptors (Lipinski definition) is 5. The van der Waals surface area contributed by atoms with Gasteiger partial charge in [-0.2, -0.15) is 0 Å². The number of sulfone groups is 1. The van der Waals surface area contributed by atoms with Crippen LogP contribution in [-0.4, -0.2) is 54.0 Å². The zero-order valence-electron chi connectivity index (χ0n) is 12.2. The molecule has 3 atom stereocenters. The molecule has 0 aliphatic carbocycles. The number of benzene rings is 1. The number of amides is 3. The Morgan fingerprint density at radius 2 is 1.87 bits per heavy atom. The molecular formula is C14H15ClN2O5S. The first-order chi connectivity index (χ1) is 10.6. The van der Waals surface area contributed by atoms with Gasteiger partial charge in [0.05, 0.1) is 23.7 Å². The summed E-state index contributed by atoms with van der Waals surface area (Å²) in [6, 6.07) is 4.64. The largest absolute Gasteiger partial charge is 0.390 e. The van der Waals surface area contributed by atoms with Crippen LogP contribution >= 0.6 is 11.6 Å². The monoisotopic (exact) mass is 358 g/mol. The van der Waals surface area contributed by atoms with Crippen molar-refractivity contribution in [1.82, 2.24) is 10.2 Å². The molecule has 0 saturated carbocycles. The van der Waals surface area contributed by atoms with Gasteiger partial charge in [-0.3, -0.25) is 9.69 Å². The molecule has 0 radical (unpaired) electrons. The second-order valence-electron chi connectivity index (χ2n) is 5.95. The Labute approximate surface area is 138 Å². The van der Waals surface area contributed by atoms with Crippen LogP contribution in [0, 0.1) is 0 Å². The van der Waals surface area contributed by atoms with E-state index in [1.54, 1.807) is 24.3 Å². The van der Waals surface area contributed by atoms with Gasteiger partial charge in [-0.05, 0) is 24.6 Å². The highest BCUT2D eigenvalue weighted by atomic mass is 35.5. The lowest BCUT2D eigenvalue weighted by Gasteiger charge is -2.25. The molecule has 2 N–H and O–H groups in total. The molecule has 2 aliphatic heterocycles. The van der Waals surface area contributed by atoms with Crippen molar-refractivity contribution in [3.63, 3.8) is 0 Å². The predicted molar refractivity (Wildman–Crippen MR) is 82.6 cm³/mol.